The fraction of sp³-hybridized carbons (Fsp3) is 0.458. The summed E-state index contributed by atoms with van der Waals surface area (Å²) in [7, 11) is 0. The van der Waals surface area contributed by atoms with Crippen molar-refractivity contribution in [2.45, 2.75) is 58.3 Å². The van der Waals surface area contributed by atoms with E-state index in [0.717, 1.165) is 25.7 Å². The van der Waals surface area contributed by atoms with Crippen LogP contribution in [0.1, 0.15) is 62.1 Å². The average molecular weight is 330 g/mol. The number of allylic oxidation sites excluding steroid dienone is 2. The predicted octanol–water partition coefficient (Wildman–Crippen LogP) is 5.75. The van der Waals surface area contributed by atoms with E-state index in [9.17, 15) is 4.79 Å². The highest BCUT2D eigenvalue weighted by atomic mass is 16.1. The molecular formula is C24H26O. The van der Waals surface area contributed by atoms with E-state index in [4.69, 9.17) is 0 Å². The van der Waals surface area contributed by atoms with E-state index in [-0.39, 0.29) is 5.41 Å². The van der Waals surface area contributed by atoms with Crippen LogP contribution in [-0.2, 0) is 17.6 Å². The van der Waals surface area contributed by atoms with Gasteiger partial charge >= 0.3 is 0 Å². The molecule has 0 aromatic heterocycles. The van der Waals surface area contributed by atoms with Crippen molar-refractivity contribution in [2.24, 2.45) is 11.3 Å². The van der Waals surface area contributed by atoms with E-state index in [1.54, 1.807) is 5.57 Å². The number of carbonyl (C=O) groups is 1. The number of rotatable bonds is 2. The molecule has 2 aromatic rings. The van der Waals surface area contributed by atoms with Gasteiger partial charge in [0.05, 0.1) is 0 Å². The highest BCUT2D eigenvalue weighted by Crippen LogP contribution is 2.57. The van der Waals surface area contributed by atoms with Gasteiger partial charge in [0, 0.05) is 11.8 Å². The number of Topliss-reactive ketones (excluding diaryl/α,β-unsaturated/α-hetero) is 1. The Bertz CT molecular complexity index is 919. The van der Waals surface area contributed by atoms with Crippen LogP contribution in [0.25, 0.3) is 10.8 Å². The Morgan fingerprint density at radius 2 is 2.08 bits per heavy atom. The molecule has 0 amide bonds. The van der Waals surface area contributed by atoms with Gasteiger partial charge in [0.1, 0.15) is 5.78 Å². The Kier molecular flexibility index (Phi) is 3.26. The maximum absolute atomic E-state index is 13.2. The maximum atomic E-state index is 13.2. The van der Waals surface area contributed by atoms with Crippen molar-refractivity contribution in [3.05, 3.63) is 58.7 Å². The van der Waals surface area contributed by atoms with E-state index in [2.05, 4.69) is 50.3 Å². The Hall–Kier alpha value is -1.89. The quantitative estimate of drug-likeness (QED) is 0.641. The molecule has 0 radical (unpaired) electrons. The molecule has 5 rings (SSSR count). The van der Waals surface area contributed by atoms with Crippen molar-refractivity contribution in [2.75, 3.05) is 0 Å². The highest BCUT2D eigenvalue weighted by molar-refractivity contribution is 5.94. The predicted molar refractivity (Wildman–Crippen MR) is 103 cm³/mol. The topological polar surface area (TPSA) is 17.1 Å². The molecule has 3 aliphatic rings. The van der Waals surface area contributed by atoms with Gasteiger partial charge in [-0.2, -0.15) is 0 Å². The molecule has 128 valence electrons. The summed E-state index contributed by atoms with van der Waals surface area (Å²) in [4.78, 5) is 13.2. The second-order valence-corrected chi connectivity index (χ2v) is 8.61. The van der Waals surface area contributed by atoms with Gasteiger partial charge in [0.25, 0.3) is 0 Å². The minimum absolute atomic E-state index is 0.0704. The van der Waals surface area contributed by atoms with Gasteiger partial charge in [-0.1, -0.05) is 55.8 Å². The first-order valence-electron chi connectivity index (χ1n) is 9.86. The molecule has 1 heteroatoms. The van der Waals surface area contributed by atoms with Crippen LogP contribution in [0.3, 0.4) is 0 Å². The molecular weight excluding hydrogens is 304 g/mol. The molecule has 3 atom stereocenters. The summed E-state index contributed by atoms with van der Waals surface area (Å²) in [6.45, 7) is 4.55. The van der Waals surface area contributed by atoms with Crippen LogP contribution < -0.4 is 0 Å². The van der Waals surface area contributed by atoms with Crippen LogP contribution in [0.2, 0.25) is 0 Å². The van der Waals surface area contributed by atoms with Gasteiger partial charge in [-0.05, 0) is 71.4 Å². The smallest absolute Gasteiger partial charge is 0.144 e. The molecule has 1 fully saturated rings. The van der Waals surface area contributed by atoms with Crippen LogP contribution in [0.5, 0.6) is 0 Å². The first-order chi connectivity index (χ1) is 12.1. The normalized spacial score (nSPS) is 28.5. The molecule has 2 aromatic carbocycles. The summed E-state index contributed by atoms with van der Waals surface area (Å²) in [5.41, 5.74) is 5.62. The SMILES string of the molecule is CCC(C)c1cccc2cc3c(cc12)CC(=O)C1(CC2=CCC1C2)C3. The zero-order valence-corrected chi connectivity index (χ0v) is 15.3. The Morgan fingerprint density at radius 3 is 2.80 bits per heavy atom. The van der Waals surface area contributed by atoms with Crippen LogP contribution in [0, 0.1) is 11.3 Å². The lowest BCUT2D eigenvalue weighted by molar-refractivity contribution is -0.131. The molecule has 0 N–H and O–H groups in total. The van der Waals surface area contributed by atoms with Crippen molar-refractivity contribution in [1.29, 1.82) is 0 Å². The van der Waals surface area contributed by atoms with Crippen molar-refractivity contribution in [1.82, 2.24) is 0 Å². The summed E-state index contributed by atoms with van der Waals surface area (Å²) >= 11 is 0. The minimum Gasteiger partial charge on any atom is -0.299 e. The molecule has 2 bridgehead atoms. The van der Waals surface area contributed by atoms with Crippen LogP contribution >= 0.6 is 0 Å². The highest BCUT2D eigenvalue weighted by Gasteiger charge is 2.53. The molecule has 0 heterocycles. The largest absolute Gasteiger partial charge is 0.299 e. The first kappa shape index (κ1) is 15.4. The van der Waals surface area contributed by atoms with E-state index in [1.807, 2.05) is 0 Å². The van der Waals surface area contributed by atoms with Crippen molar-refractivity contribution >= 4 is 16.6 Å². The molecule has 1 spiro atoms. The fourth-order valence-corrected chi connectivity index (χ4v) is 5.65. The molecule has 0 saturated heterocycles. The van der Waals surface area contributed by atoms with E-state index in [0.29, 0.717) is 24.0 Å². The Morgan fingerprint density at radius 1 is 1.20 bits per heavy atom. The average Bonchev–Trinajstić information content (AvgIpc) is 3.21. The van der Waals surface area contributed by atoms with E-state index in [1.165, 1.54) is 33.9 Å². The second kappa shape index (κ2) is 5.30. The van der Waals surface area contributed by atoms with E-state index < -0.39 is 0 Å². The molecule has 1 nitrogen and oxygen atoms in total. The molecule has 3 unspecified atom stereocenters. The van der Waals surface area contributed by atoms with Gasteiger partial charge in [0.15, 0.2) is 0 Å². The molecule has 1 saturated carbocycles. The lowest BCUT2D eigenvalue weighted by atomic mass is 9.63. The van der Waals surface area contributed by atoms with Gasteiger partial charge in [0.2, 0.25) is 0 Å². The number of fused-ring (bicyclic) bond motifs is 5. The number of hydrogen-bond acceptors (Lipinski definition) is 1. The zero-order chi connectivity index (χ0) is 17.2. The van der Waals surface area contributed by atoms with Gasteiger partial charge < -0.3 is 0 Å². The summed E-state index contributed by atoms with van der Waals surface area (Å²) in [6, 6.07) is 11.4. The van der Waals surface area contributed by atoms with Crippen LogP contribution in [0.4, 0.5) is 0 Å². The lowest BCUT2D eigenvalue weighted by Crippen LogP contribution is -2.42. The molecule has 0 aliphatic heterocycles. The number of carbonyl (C=O) groups excluding carboxylic acids is 1. The Balaban J connectivity index is 1.63. The summed E-state index contributed by atoms with van der Waals surface area (Å²) in [5.74, 6) is 1.64. The summed E-state index contributed by atoms with van der Waals surface area (Å²) < 4.78 is 0. The lowest BCUT2D eigenvalue weighted by Gasteiger charge is -2.39. The van der Waals surface area contributed by atoms with Crippen molar-refractivity contribution in [3.63, 3.8) is 0 Å². The third-order valence-electron chi connectivity index (χ3n) is 7.31. The van der Waals surface area contributed by atoms with Gasteiger partial charge in [-0.25, -0.2) is 0 Å². The zero-order valence-electron chi connectivity index (χ0n) is 15.3. The number of benzene rings is 2. The monoisotopic (exact) mass is 330 g/mol. The molecule has 3 aliphatic carbocycles. The third kappa shape index (κ3) is 2.11. The van der Waals surface area contributed by atoms with Crippen molar-refractivity contribution < 1.29 is 4.79 Å². The minimum atomic E-state index is -0.0704. The van der Waals surface area contributed by atoms with Gasteiger partial charge in [-0.15, -0.1) is 0 Å². The number of ketones is 1. The fourth-order valence-electron chi connectivity index (χ4n) is 5.65. The standard InChI is InChI=1S/C24H26O/c1-3-15(2)21-6-4-5-17-10-19-14-24(13-16-7-8-20(24)9-16)23(25)12-18(19)11-22(17)21/h4-7,10-11,15,20H,3,8-9,12-14H2,1-2H3. The van der Waals surface area contributed by atoms with Crippen molar-refractivity contribution in [3.8, 4) is 0 Å². The first-order valence-corrected chi connectivity index (χ1v) is 9.86. The molecule has 25 heavy (non-hydrogen) atoms. The maximum Gasteiger partial charge on any atom is 0.144 e. The summed E-state index contributed by atoms with van der Waals surface area (Å²) in [5, 5.41) is 2.71. The van der Waals surface area contributed by atoms with E-state index >= 15 is 0 Å². The second-order valence-electron chi connectivity index (χ2n) is 8.61. The third-order valence-corrected chi connectivity index (χ3v) is 7.31. The number of hydrogen-bond donors (Lipinski definition) is 0. The summed E-state index contributed by atoms with van der Waals surface area (Å²) in [6.07, 6.45) is 8.47. The van der Waals surface area contributed by atoms with Crippen LogP contribution in [0.15, 0.2) is 42.0 Å². The van der Waals surface area contributed by atoms with Gasteiger partial charge in [-0.3, -0.25) is 4.79 Å². The Labute approximate surface area is 150 Å². The van der Waals surface area contributed by atoms with Crippen LogP contribution in [-0.4, -0.2) is 5.78 Å².